The number of anilines is 2. The van der Waals surface area contributed by atoms with Gasteiger partial charge in [0.25, 0.3) is 15.9 Å². The van der Waals surface area contributed by atoms with Crippen molar-refractivity contribution in [2.75, 3.05) is 16.7 Å². The lowest BCUT2D eigenvalue weighted by molar-refractivity contribution is 0.102. The molecule has 1 amide bonds. The van der Waals surface area contributed by atoms with Crippen molar-refractivity contribution in [3.05, 3.63) is 100 Å². The molecule has 0 spiro atoms. The van der Waals surface area contributed by atoms with E-state index in [4.69, 9.17) is 0 Å². The minimum Gasteiger partial charge on any atom is -0.321 e. The summed E-state index contributed by atoms with van der Waals surface area (Å²) < 4.78 is 55.9. The van der Waals surface area contributed by atoms with E-state index in [-0.39, 0.29) is 21.1 Å². The Hall–Kier alpha value is -3.56. The number of carbonyl (C=O) groups excluding carboxylic acids is 1. The zero-order valence-electron chi connectivity index (χ0n) is 18.2. The highest BCUT2D eigenvalue weighted by molar-refractivity contribution is 7.93. The van der Waals surface area contributed by atoms with E-state index < -0.39 is 27.6 Å². The van der Waals surface area contributed by atoms with Gasteiger partial charge in [-0.3, -0.25) is 9.10 Å². The fourth-order valence-corrected chi connectivity index (χ4v) is 6.22. The second-order valence-electron chi connectivity index (χ2n) is 7.54. The van der Waals surface area contributed by atoms with Crippen LogP contribution < -0.4 is 9.62 Å². The van der Waals surface area contributed by atoms with Crippen LogP contribution in [0.5, 0.6) is 0 Å². The lowest BCUT2D eigenvalue weighted by Gasteiger charge is -2.21. The number of hydrogen-bond acceptors (Lipinski definition) is 4. The molecule has 0 aliphatic rings. The third-order valence-corrected chi connectivity index (χ3v) is 8.25. The maximum Gasteiger partial charge on any atom is 0.267 e. The molecule has 4 aromatic rings. The van der Waals surface area contributed by atoms with Crippen LogP contribution in [0.4, 0.5) is 20.2 Å². The number of halogens is 2. The summed E-state index contributed by atoms with van der Waals surface area (Å²) in [5.41, 5.74) is 1.84. The average molecular weight is 499 g/mol. The average Bonchev–Trinajstić information content (AvgIpc) is 3.28. The third-order valence-electron chi connectivity index (χ3n) is 5.27. The lowest BCUT2D eigenvalue weighted by atomic mass is 10.1. The van der Waals surface area contributed by atoms with Gasteiger partial charge in [0.05, 0.1) is 5.69 Å². The van der Waals surface area contributed by atoms with Gasteiger partial charge in [0.1, 0.15) is 21.4 Å². The summed E-state index contributed by atoms with van der Waals surface area (Å²) in [6.07, 6.45) is 0. The van der Waals surface area contributed by atoms with Crippen LogP contribution in [0.2, 0.25) is 0 Å². The van der Waals surface area contributed by atoms with Gasteiger partial charge in [-0.05, 0) is 54.4 Å². The molecule has 0 bridgehead atoms. The fourth-order valence-electron chi connectivity index (χ4n) is 3.36. The molecule has 0 saturated heterocycles. The molecule has 5 nitrogen and oxygen atoms in total. The second kappa shape index (κ2) is 9.36. The Balaban J connectivity index is 1.82. The zero-order chi connectivity index (χ0) is 24.5. The summed E-state index contributed by atoms with van der Waals surface area (Å²) >= 11 is 0.976. The summed E-state index contributed by atoms with van der Waals surface area (Å²) in [5.74, 6) is -1.67. The molecule has 34 heavy (non-hydrogen) atoms. The molecule has 0 saturated carbocycles. The topological polar surface area (TPSA) is 66.5 Å². The predicted octanol–water partition coefficient (Wildman–Crippen LogP) is 6.08. The van der Waals surface area contributed by atoms with Crippen molar-refractivity contribution < 1.29 is 22.0 Å². The molecule has 3 aromatic carbocycles. The quantitative estimate of drug-likeness (QED) is 0.350. The molecule has 0 radical (unpaired) electrons. The summed E-state index contributed by atoms with van der Waals surface area (Å²) in [4.78, 5) is 12.9. The van der Waals surface area contributed by atoms with Crippen LogP contribution in [0.1, 0.15) is 15.2 Å². The maximum absolute atomic E-state index is 14.0. The van der Waals surface area contributed by atoms with Crippen molar-refractivity contribution in [1.29, 1.82) is 0 Å². The number of benzene rings is 3. The van der Waals surface area contributed by atoms with Gasteiger partial charge in [-0.15, -0.1) is 11.3 Å². The van der Waals surface area contributed by atoms with Gasteiger partial charge in [-0.2, -0.15) is 0 Å². The highest BCUT2D eigenvalue weighted by Crippen LogP contribution is 2.38. The molecule has 0 fully saturated rings. The molecule has 0 aliphatic carbocycles. The van der Waals surface area contributed by atoms with E-state index in [9.17, 15) is 22.0 Å². The van der Waals surface area contributed by atoms with Gasteiger partial charge >= 0.3 is 0 Å². The van der Waals surface area contributed by atoms with Gasteiger partial charge in [-0.25, -0.2) is 17.2 Å². The highest BCUT2D eigenvalue weighted by atomic mass is 32.2. The first-order valence-electron chi connectivity index (χ1n) is 10.2. The number of rotatable bonds is 6. The Labute approximate surface area is 200 Å². The largest absolute Gasteiger partial charge is 0.321 e. The SMILES string of the molecule is Cc1ccc(NC(=O)c2scc(-c3ccccc3)c2S(=O)(=O)N(C)c2ccc(F)cc2)cc1F. The van der Waals surface area contributed by atoms with Gasteiger partial charge in [-0.1, -0.05) is 36.4 Å². The molecular formula is C25H20F2N2O3S2. The van der Waals surface area contributed by atoms with Crippen molar-refractivity contribution in [2.45, 2.75) is 11.8 Å². The Morgan fingerprint density at radius 3 is 2.29 bits per heavy atom. The number of thiophene rings is 1. The highest BCUT2D eigenvalue weighted by Gasteiger charge is 2.32. The van der Waals surface area contributed by atoms with Crippen LogP contribution in [0.15, 0.2) is 83.1 Å². The van der Waals surface area contributed by atoms with Gasteiger partial charge in [0, 0.05) is 23.7 Å². The number of carbonyl (C=O) groups is 1. The molecule has 0 atom stereocenters. The first-order chi connectivity index (χ1) is 16.2. The number of amides is 1. The van der Waals surface area contributed by atoms with E-state index in [1.807, 2.05) is 0 Å². The minimum absolute atomic E-state index is 0.0474. The van der Waals surface area contributed by atoms with Crippen molar-refractivity contribution >= 4 is 38.6 Å². The molecular weight excluding hydrogens is 478 g/mol. The van der Waals surface area contributed by atoms with Crippen LogP contribution in [0.25, 0.3) is 11.1 Å². The van der Waals surface area contributed by atoms with Crippen LogP contribution in [0, 0.1) is 18.6 Å². The summed E-state index contributed by atoms with van der Waals surface area (Å²) in [6.45, 7) is 1.60. The molecule has 0 aliphatic heterocycles. The molecule has 1 heterocycles. The van der Waals surface area contributed by atoms with E-state index in [2.05, 4.69) is 5.32 Å². The first kappa shape index (κ1) is 23.6. The Morgan fingerprint density at radius 1 is 0.971 bits per heavy atom. The van der Waals surface area contributed by atoms with Gasteiger partial charge < -0.3 is 5.32 Å². The fraction of sp³-hybridized carbons (Fsp3) is 0.0800. The number of aryl methyl sites for hydroxylation is 1. The maximum atomic E-state index is 14.0. The molecule has 9 heteroatoms. The molecule has 4 rings (SSSR count). The van der Waals surface area contributed by atoms with E-state index >= 15 is 0 Å². The van der Waals surface area contributed by atoms with Crippen molar-refractivity contribution in [3.63, 3.8) is 0 Å². The number of nitrogens with one attached hydrogen (secondary N) is 1. The van der Waals surface area contributed by atoms with E-state index in [1.165, 1.54) is 31.3 Å². The van der Waals surface area contributed by atoms with Crippen molar-refractivity contribution in [1.82, 2.24) is 0 Å². The molecule has 174 valence electrons. The van der Waals surface area contributed by atoms with Crippen LogP contribution in [0.3, 0.4) is 0 Å². The van der Waals surface area contributed by atoms with Gasteiger partial charge in [0.15, 0.2) is 0 Å². The zero-order valence-corrected chi connectivity index (χ0v) is 19.9. The molecule has 1 aromatic heterocycles. The Kier molecular flexibility index (Phi) is 6.49. The standard InChI is InChI=1S/C25H20F2N2O3S2/c1-16-8-11-19(14-22(16)27)28-25(30)23-24(21(15-33-23)17-6-4-3-5-7-17)34(31,32)29(2)20-12-9-18(26)10-13-20/h3-15H,1-2H3,(H,28,30). The predicted molar refractivity (Wildman–Crippen MR) is 131 cm³/mol. The lowest BCUT2D eigenvalue weighted by Crippen LogP contribution is -2.28. The van der Waals surface area contributed by atoms with Crippen molar-refractivity contribution in [3.8, 4) is 11.1 Å². The van der Waals surface area contributed by atoms with E-state index in [0.717, 1.165) is 27.8 Å². The third kappa shape index (κ3) is 4.57. The Morgan fingerprint density at radius 2 is 1.65 bits per heavy atom. The van der Waals surface area contributed by atoms with E-state index in [1.54, 1.807) is 48.7 Å². The van der Waals surface area contributed by atoms with Crippen LogP contribution >= 0.6 is 11.3 Å². The Bertz CT molecular complexity index is 1450. The monoisotopic (exact) mass is 498 g/mol. The molecule has 1 N–H and O–H groups in total. The second-order valence-corrected chi connectivity index (χ2v) is 10.3. The number of hydrogen-bond donors (Lipinski definition) is 1. The van der Waals surface area contributed by atoms with Crippen LogP contribution in [-0.2, 0) is 10.0 Å². The summed E-state index contributed by atoms with van der Waals surface area (Å²) in [5, 5.41) is 4.19. The smallest absolute Gasteiger partial charge is 0.267 e. The van der Waals surface area contributed by atoms with Crippen LogP contribution in [-0.4, -0.2) is 21.4 Å². The number of sulfonamides is 1. The number of nitrogens with zero attached hydrogens (tertiary/aromatic N) is 1. The summed E-state index contributed by atoms with van der Waals surface area (Å²) in [7, 11) is -2.90. The van der Waals surface area contributed by atoms with Crippen molar-refractivity contribution in [2.24, 2.45) is 0 Å². The first-order valence-corrected chi connectivity index (χ1v) is 12.5. The van der Waals surface area contributed by atoms with Gasteiger partial charge in [0.2, 0.25) is 0 Å². The normalized spacial score (nSPS) is 11.3. The van der Waals surface area contributed by atoms with E-state index in [0.29, 0.717) is 16.7 Å². The minimum atomic E-state index is -4.24. The summed E-state index contributed by atoms with van der Waals surface area (Å²) in [6, 6.07) is 18.1. The molecule has 0 unspecified atom stereocenters.